The van der Waals surface area contributed by atoms with E-state index in [4.69, 9.17) is 4.74 Å². The lowest BCUT2D eigenvalue weighted by Crippen LogP contribution is -2.49. The maximum atomic E-state index is 11.3. The van der Waals surface area contributed by atoms with Gasteiger partial charge in [0.05, 0.1) is 6.54 Å². The van der Waals surface area contributed by atoms with Crippen LogP contribution in [0.5, 0.6) is 0 Å². The third kappa shape index (κ3) is 9.28. The highest BCUT2D eigenvalue weighted by Gasteiger charge is 2.17. The highest BCUT2D eigenvalue weighted by molar-refractivity contribution is 5.77. The number of hydrogen-bond donors (Lipinski definition) is 1. The summed E-state index contributed by atoms with van der Waals surface area (Å²) in [5.74, 6) is 0.114. The number of hydrogen-bond acceptors (Lipinski definition) is 4. The van der Waals surface area contributed by atoms with E-state index in [1.165, 1.54) is 19.4 Å². The first kappa shape index (κ1) is 19.4. The van der Waals surface area contributed by atoms with Crippen LogP contribution in [0.3, 0.4) is 0 Å². The van der Waals surface area contributed by atoms with Gasteiger partial charge in [0, 0.05) is 46.9 Å². The predicted molar refractivity (Wildman–Crippen MR) is 84.0 cm³/mol. The number of rotatable bonds is 8. The number of carbonyl (C=O) groups is 1. The largest absolute Gasteiger partial charge is 0.385 e. The summed E-state index contributed by atoms with van der Waals surface area (Å²) in [6.07, 6.45) is 3.65. The molecule has 0 aromatic rings. The number of nitrogens with one attached hydrogen (secondary N) is 1. The lowest BCUT2D eigenvalue weighted by Gasteiger charge is -2.34. The number of nitrogens with zero attached hydrogens (tertiary/aromatic N) is 2. The highest BCUT2D eigenvalue weighted by atomic mass is 16.5. The lowest BCUT2D eigenvalue weighted by molar-refractivity contribution is -0.122. The van der Waals surface area contributed by atoms with E-state index in [2.05, 4.69) is 15.1 Å². The topological polar surface area (TPSA) is 44.8 Å². The Kier molecular flexibility index (Phi) is 12.9. The van der Waals surface area contributed by atoms with Crippen molar-refractivity contribution in [3.63, 3.8) is 0 Å². The third-order valence-corrected chi connectivity index (χ3v) is 3.43. The molecule has 0 radical (unpaired) electrons. The number of piperazine rings is 1. The van der Waals surface area contributed by atoms with Gasteiger partial charge in [0.15, 0.2) is 0 Å². The summed E-state index contributed by atoms with van der Waals surface area (Å²) in [6, 6.07) is 0. The van der Waals surface area contributed by atoms with Crippen LogP contribution in [0, 0.1) is 0 Å². The highest BCUT2D eigenvalue weighted by Crippen LogP contribution is 2.04. The van der Waals surface area contributed by atoms with Crippen molar-refractivity contribution >= 4 is 5.91 Å². The van der Waals surface area contributed by atoms with Crippen molar-refractivity contribution in [2.24, 2.45) is 0 Å². The zero-order valence-corrected chi connectivity index (χ0v) is 13.8. The smallest absolute Gasteiger partial charge is 0.233 e. The number of carbonyl (C=O) groups excluding carboxylic acids is 1. The number of ether oxygens (including phenoxy) is 1. The quantitative estimate of drug-likeness (QED) is 0.681. The fourth-order valence-corrected chi connectivity index (χ4v) is 2.21. The summed E-state index contributed by atoms with van der Waals surface area (Å²) in [7, 11) is 3.45. The first-order valence-corrected chi connectivity index (χ1v) is 7.90. The van der Waals surface area contributed by atoms with Crippen LogP contribution in [0.4, 0.5) is 0 Å². The molecule has 5 nitrogen and oxygen atoms in total. The molecule has 0 unspecified atom stereocenters. The van der Waals surface area contributed by atoms with Crippen LogP contribution in [0.15, 0.2) is 0 Å². The van der Waals surface area contributed by atoms with Crippen LogP contribution in [0.2, 0.25) is 0 Å². The van der Waals surface area contributed by atoms with E-state index in [9.17, 15) is 4.79 Å². The minimum absolute atomic E-state index is 0.114. The van der Waals surface area contributed by atoms with E-state index in [0.717, 1.165) is 39.2 Å². The van der Waals surface area contributed by atoms with Gasteiger partial charge >= 0.3 is 0 Å². The zero-order valence-electron chi connectivity index (χ0n) is 13.8. The Balaban J connectivity index is 0.00000172. The summed E-state index contributed by atoms with van der Waals surface area (Å²) in [4.78, 5) is 16.0. The Hall–Kier alpha value is -0.650. The van der Waals surface area contributed by atoms with E-state index < -0.39 is 0 Å². The van der Waals surface area contributed by atoms with E-state index >= 15 is 0 Å². The first-order chi connectivity index (χ1) is 9.76. The first-order valence-electron chi connectivity index (χ1n) is 7.90. The molecular weight excluding hydrogens is 254 g/mol. The molecule has 0 aromatic carbocycles. The molecule has 0 bridgehead atoms. The van der Waals surface area contributed by atoms with E-state index in [0.29, 0.717) is 6.54 Å². The van der Waals surface area contributed by atoms with Gasteiger partial charge < -0.3 is 15.0 Å². The summed E-state index contributed by atoms with van der Waals surface area (Å²) in [5.41, 5.74) is 0. The molecule has 1 fully saturated rings. The summed E-state index contributed by atoms with van der Waals surface area (Å²) in [6.45, 7) is 10.8. The molecule has 20 heavy (non-hydrogen) atoms. The van der Waals surface area contributed by atoms with E-state index in [-0.39, 0.29) is 5.91 Å². The number of amides is 1. The van der Waals surface area contributed by atoms with Gasteiger partial charge in [-0.1, -0.05) is 13.8 Å². The van der Waals surface area contributed by atoms with Crippen LogP contribution in [0.25, 0.3) is 0 Å². The fraction of sp³-hybridized carbons (Fsp3) is 0.933. The fourth-order valence-electron chi connectivity index (χ4n) is 2.21. The molecule has 1 heterocycles. The lowest BCUT2D eigenvalue weighted by atomic mass is 10.2. The number of likely N-dealkylation sites (N-methyl/N-ethyl adjacent to an activating group) is 1. The molecule has 0 aromatic heterocycles. The predicted octanol–water partition coefficient (Wildman–Crippen LogP) is 1.19. The summed E-state index contributed by atoms with van der Waals surface area (Å²) < 4.78 is 5.04. The average molecular weight is 287 g/mol. The standard InChI is InChI=1S/C13H27N3O2.C2H6/c1-14-13(17)12-16-9-7-15(8-10-16)6-4-3-5-11-18-2;1-2/h3-12H2,1-2H3,(H,14,17);1-2H3. The molecule has 1 rings (SSSR count). The van der Waals surface area contributed by atoms with Crippen molar-refractivity contribution in [2.45, 2.75) is 33.1 Å². The second-order valence-electron chi connectivity index (χ2n) is 4.84. The Morgan fingerprint density at radius 3 is 2.20 bits per heavy atom. The molecule has 120 valence electrons. The second kappa shape index (κ2) is 13.3. The van der Waals surface area contributed by atoms with Crippen LogP contribution in [-0.4, -0.2) is 75.7 Å². The maximum Gasteiger partial charge on any atom is 0.233 e. The van der Waals surface area contributed by atoms with Gasteiger partial charge in [-0.2, -0.15) is 0 Å². The molecule has 0 spiro atoms. The van der Waals surface area contributed by atoms with Crippen molar-refractivity contribution in [3.05, 3.63) is 0 Å². The van der Waals surface area contributed by atoms with E-state index in [1.54, 1.807) is 14.2 Å². The van der Waals surface area contributed by atoms with Crippen molar-refractivity contribution in [1.82, 2.24) is 15.1 Å². The van der Waals surface area contributed by atoms with Gasteiger partial charge in [0.2, 0.25) is 5.91 Å². The van der Waals surface area contributed by atoms with Crippen molar-refractivity contribution in [1.29, 1.82) is 0 Å². The Morgan fingerprint density at radius 2 is 1.65 bits per heavy atom. The monoisotopic (exact) mass is 287 g/mol. The van der Waals surface area contributed by atoms with Gasteiger partial charge in [-0.15, -0.1) is 0 Å². The molecule has 1 N–H and O–H groups in total. The van der Waals surface area contributed by atoms with Crippen molar-refractivity contribution in [3.8, 4) is 0 Å². The average Bonchev–Trinajstić information content (AvgIpc) is 2.50. The van der Waals surface area contributed by atoms with Crippen LogP contribution < -0.4 is 5.32 Å². The van der Waals surface area contributed by atoms with Gasteiger partial charge in [0.1, 0.15) is 0 Å². The third-order valence-electron chi connectivity index (χ3n) is 3.43. The second-order valence-corrected chi connectivity index (χ2v) is 4.84. The molecule has 0 atom stereocenters. The van der Waals surface area contributed by atoms with Crippen LogP contribution in [0.1, 0.15) is 33.1 Å². The normalized spacial score (nSPS) is 16.4. The Labute approximate surface area is 124 Å². The van der Waals surface area contributed by atoms with Gasteiger partial charge in [-0.3, -0.25) is 9.69 Å². The number of methoxy groups -OCH3 is 1. The molecule has 5 heteroatoms. The van der Waals surface area contributed by atoms with Gasteiger partial charge in [0.25, 0.3) is 0 Å². The van der Waals surface area contributed by atoms with Gasteiger partial charge in [-0.05, 0) is 25.8 Å². The molecule has 1 aliphatic heterocycles. The Morgan fingerprint density at radius 1 is 1.05 bits per heavy atom. The van der Waals surface area contributed by atoms with Crippen LogP contribution in [-0.2, 0) is 9.53 Å². The maximum absolute atomic E-state index is 11.3. The molecule has 1 amide bonds. The molecule has 0 aliphatic carbocycles. The molecular formula is C15H33N3O2. The van der Waals surface area contributed by atoms with Crippen LogP contribution >= 0.6 is 0 Å². The van der Waals surface area contributed by atoms with E-state index in [1.807, 2.05) is 13.8 Å². The van der Waals surface area contributed by atoms with Gasteiger partial charge in [-0.25, -0.2) is 0 Å². The van der Waals surface area contributed by atoms with Crippen molar-refractivity contribution < 1.29 is 9.53 Å². The zero-order chi connectivity index (χ0) is 15.2. The SMILES string of the molecule is CC.CNC(=O)CN1CCN(CCCCCOC)CC1. The summed E-state index contributed by atoms with van der Waals surface area (Å²) in [5, 5.41) is 2.67. The number of unbranched alkanes of at least 4 members (excludes halogenated alkanes) is 2. The van der Waals surface area contributed by atoms with Crippen molar-refractivity contribution in [2.75, 3.05) is 60.0 Å². The molecule has 0 saturated carbocycles. The Bertz CT molecular complexity index is 229. The molecule has 1 aliphatic rings. The molecule has 1 saturated heterocycles. The minimum atomic E-state index is 0.114. The summed E-state index contributed by atoms with van der Waals surface area (Å²) >= 11 is 0. The minimum Gasteiger partial charge on any atom is -0.385 e.